The maximum absolute atomic E-state index is 5.58. The molecule has 11 heavy (non-hydrogen) atoms. The predicted octanol–water partition coefficient (Wildman–Crippen LogP) is -0.804. The lowest BCUT2D eigenvalue weighted by atomic mass is 9.71. The van der Waals surface area contributed by atoms with Crippen molar-refractivity contribution in [2.75, 3.05) is 39.4 Å². The van der Waals surface area contributed by atoms with Crippen molar-refractivity contribution in [3.05, 3.63) is 0 Å². The van der Waals surface area contributed by atoms with Gasteiger partial charge in [0.2, 0.25) is 0 Å². The van der Waals surface area contributed by atoms with Crippen molar-refractivity contribution in [1.29, 1.82) is 0 Å². The minimum absolute atomic E-state index is 0.451. The van der Waals surface area contributed by atoms with E-state index >= 15 is 0 Å². The molecule has 0 saturated carbocycles. The third-order valence-corrected chi connectivity index (χ3v) is 3.74. The highest BCUT2D eigenvalue weighted by Gasteiger charge is 2.61. The molecule has 0 aromatic rings. The van der Waals surface area contributed by atoms with Crippen LogP contribution in [-0.2, 0) is 4.74 Å². The van der Waals surface area contributed by atoms with Gasteiger partial charge in [0.15, 0.2) is 0 Å². The minimum atomic E-state index is 0.451. The fraction of sp³-hybridized carbons (Fsp3) is 1.00. The Morgan fingerprint density at radius 1 is 0.818 bits per heavy atom. The topological polar surface area (TPSA) is 33.3 Å². The maximum Gasteiger partial charge on any atom is 0.0554 e. The van der Waals surface area contributed by atoms with E-state index < -0.39 is 0 Å². The van der Waals surface area contributed by atoms with Crippen molar-refractivity contribution in [2.24, 2.45) is 10.8 Å². The first-order chi connectivity index (χ1) is 5.37. The summed E-state index contributed by atoms with van der Waals surface area (Å²) in [6.45, 7) is 6.54. The Morgan fingerprint density at radius 3 is 1.73 bits per heavy atom. The van der Waals surface area contributed by atoms with E-state index in [9.17, 15) is 0 Å². The van der Waals surface area contributed by atoms with Gasteiger partial charge in [-0.1, -0.05) is 0 Å². The van der Waals surface area contributed by atoms with Crippen molar-refractivity contribution < 1.29 is 4.74 Å². The summed E-state index contributed by atoms with van der Waals surface area (Å²) in [4.78, 5) is 0. The van der Waals surface area contributed by atoms with Crippen molar-refractivity contribution in [3.63, 3.8) is 0 Å². The van der Waals surface area contributed by atoms with E-state index in [2.05, 4.69) is 10.6 Å². The Bertz CT molecular complexity index is 145. The highest BCUT2D eigenvalue weighted by molar-refractivity contribution is 5.14. The second kappa shape index (κ2) is 1.79. The van der Waals surface area contributed by atoms with Crippen LogP contribution in [0.3, 0.4) is 0 Å². The normalized spacial score (nSPS) is 54.5. The smallest absolute Gasteiger partial charge is 0.0554 e. The zero-order valence-electron chi connectivity index (χ0n) is 6.65. The first-order valence-corrected chi connectivity index (χ1v) is 4.36. The highest BCUT2D eigenvalue weighted by Crippen LogP contribution is 2.50. The van der Waals surface area contributed by atoms with Crippen LogP contribution >= 0.6 is 0 Å². The van der Waals surface area contributed by atoms with Crippen LogP contribution in [0.15, 0.2) is 0 Å². The molecule has 3 heterocycles. The number of ether oxygens (including phenoxy) is 1. The second-order valence-electron chi connectivity index (χ2n) is 4.26. The van der Waals surface area contributed by atoms with Crippen LogP contribution < -0.4 is 10.6 Å². The molecular formula is C8H14N2O. The Morgan fingerprint density at radius 2 is 1.27 bits per heavy atom. The summed E-state index contributed by atoms with van der Waals surface area (Å²) in [7, 11) is 0. The van der Waals surface area contributed by atoms with Gasteiger partial charge in [-0.2, -0.15) is 0 Å². The fourth-order valence-electron chi connectivity index (χ4n) is 2.91. The SMILES string of the molecule is C1NCC23CNCC12COC3. The average molecular weight is 154 g/mol. The quantitative estimate of drug-likeness (QED) is 0.479. The summed E-state index contributed by atoms with van der Waals surface area (Å²) < 4.78 is 5.58. The monoisotopic (exact) mass is 154 g/mol. The summed E-state index contributed by atoms with van der Waals surface area (Å²) in [5.41, 5.74) is 0.903. The van der Waals surface area contributed by atoms with E-state index in [1.807, 2.05) is 0 Å². The third kappa shape index (κ3) is 0.567. The number of hydrogen-bond donors (Lipinski definition) is 2. The zero-order valence-corrected chi connectivity index (χ0v) is 6.65. The van der Waals surface area contributed by atoms with Gasteiger partial charge in [-0.3, -0.25) is 0 Å². The molecule has 3 rings (SSSR count). The Hall–Kier alpha value is -0.120. The average Bonchev–Trinajstić information content (AvgIpc) is 2.40. The zero-order chi connectivity index (χ0) is 7.36. The molecular weight excluding hydrogens is 140 g/mol. The molecule has 3 heteroatoms. The second-order valence-corrected chi connectivity index (χ2v) is 4.26. The minimum Gasteiger partial charge on any atom is -0.380 e. The van der Waals surface area contributed by atoms with Crippen LogP contribution in [0.2, 0.25) is 0 Å². The lowest BCUT2D eigenvalue weighted by molar-refractivity contribution is 0.144. The van der Waals surface area contributed by atoms with Gasteiger partial charge in [0, 0.05) is 37.0 Å². The fourth-order valence-corrected chi connectivity index (χ4v) is 2.91. The maximum atomic E-state index is 5.58. The highest BCUT2D eigenvalue weighted by atomic mass is 16.5. The molecule has 3 saturated heterocycles. The van der Waals surface area contributed by atoms with Crippen molar-refractivity contribution >= 4 is 0 Å². The summed E-state index contributed by atoms with van der Waals surface area (Å²) in [5.74, 6) is 0. The van der Waals surface area contributed by atoms with Gasteiger partial charge in [0.1, 0.15) is 0 Å². The Labute approximate surface area is 66.5 Å². The van der Waals surface area contributed by atoms with Crippen LogP contribution in [0.4, 0.5) is 0 Å². The van der Waals surface area contributed by atoms with Gasteiger partial charge in [-0.15, -0.1) is 0 Å². The number of hydrogen-bond acceptors (Lipinski definition) is 3. The van der Waals surface area contributed by atoms with Crippen molar-refractivity contribution in [1.82, 2.24) is 10.6 Å². The van der Waals surface area contributed by atoms with E-state index in [4.69, 9.17) is 4.74 Å². The molecule has 0 aromatic heterocycles. The molecule has 0 unspecified atom stereocenters. The van der Waals surface area contributed by atoms with E-state index in [1.54, 1.807) is 0 Å². The van der Waals surface area contributed by atoms with Gasteiger partial charge in [0.05, 0.1) is 13.2 Å². The first-order valence-electron chi connectivity index (χ1n) is 4.36. The van der Waals surface area contributed by atoms with Crippen molar-refractivity contribution in [3.8, 4) is 0 Å². The van der Waals surface area contributed by atoms with Gasteiger partial charge in [-0.25, -0.2) is 0 Å². The molecule has 3 fully saturated rings. The van der Waals surface area contributed by atoms with Crippen LogP contribution in [0.25, 0.3) is 0 Å². The van der Waals surface area contributed by atoms with Gasteiger partial charge in [0.25, 0.3) is 0 Å². The molecule has 0 aliphatic carbocycles. The molecule has 2 N–H and O–H groups in total. The molecule has 3 aliphatic heterocycles. The molecule has 0 radical (unpaired) electrons. The van der Waals surface area contributed by atoms with Crippen molar-refractivity contribution in [2.45, 2.75) is 0 Å². The molecule has 0 amide bonds. The third-order valence-electron chi connectivity index (χ3n) is 3.74. The standard InChI is InChI=1S/C8H14N2O/c1-7-2-10-4-8(7,3-9-1)6-11-5-7/h9-10H,1-6H2. The largest absolute Gasteiger partial charge is 0.380 e. The Kier molecular flexibility index (Phi) is 1.04. The predicted molar refractivity (Wildman–Crippen MR) is 41.4 cm³/mol. The summed E-state index contributed by atoms with van der Waals surface area (Å²) in [6.07, 6.45) is 0. The molecule has 0 aromatic carbocycles. The number of nitrogens with one attached hydrogen (secondary N) is 2. The molecule has 62 valence electrons. The van der Waals surface area contributed by atoms with Gasteiger partial charge < -0.3 is 15.4 Å². The van der Waals surface area contributed by atoms with Crippen LogP contribution in [0, 0.1) is 10.8 Å². The van der Waals surface area contributed by atoms with E-state index in [1.165, 1.54) is 0 Å². The first kappa shape index (κ1) is 6.40. The summed E-state index contributed by atoms with van der Waals surface area (Å²) in [6, 6.07) is 0. The molecule has 0 atom stereocenters. The van der Waals surface area contributed by atoms with Gasteiger partial charge in [-0.05, 0) is 0 Å². The van der Waals surface area contributed by atoms with E-state index in [0.717, 1.165) is 39.4 Å². The van der Waals surface area contributed by atoms with Gasteiger partial charge >= 0.3 is 0 Å². The molecule has 0 bridgehead atoms. The number of rotatable bonds is 0. The van der Waals surface area contributed by atoms with E-state index in [-0.39, 0.29) is 0 Å². The Balaban J connectivity index is 2.06. The summed E-state index contributed by atoms with van der Waals surface area (Å²) >= 11 is 0. The summed E-state index contributed by atoms with van der Waals surface area (Å²) in [5, 5.41) is 6.98. The van der Waals surface area contributed by atoms with E-state index in [0.29, 0.717) is 10.8 Å². The van der Waals surface area contributed by atoms with Crippen LogP contribution in [0.1, 0.15) is 0 Å². The lowest BCUT2D eigenvalue weighted by Gasteiger charge is -2.28. The lowest BCUT2D eigenvalue weighted by Crippen LogP contribution is -2.38. The molecule has 0 spiro atoms. The molecule has 3 aliphatic rings. The van der Waals surface area contributed by atoms with Crippen LogP contribution in [-0.4, -0.2) is 39.4 Å². The molecule has 3 nitrogen and oxygen atoms in total. The van der Waals surface area contributed by atoms with Crippen LogP contribution in [0.5, 0.6) is 0 Å².